The summed E-state index contributed by atoms with van der Waals surface area (Å²) < 4.78 is 9.68. The maximum Gasteiger partial charge on any atom is 0.364 e. The van der Waals surface area contributed by atoms with Crippen LogP contribution in [-0.4, -0.2) is 149 Å². The number of carbonyl (C=O) groups is 3. The molecule has 2 fully saturated rings. The molecule has 2 aliphatic heterocycles. The molecule has 0 radical (unpaired) electrons. The van der Waals surface area contributed by atoms with Gasteiger partial charge in [0.25, 0.3) is 5.79 Å². The standard InChI is InChI=1S/C11H19NO9.C8H15NO6/c1-4(14)12-7-5(15)2-11(20,10(18)19)21-9(7)8(17)6(16)3-13;1-3(11)9-5-7(13)6(12)4(2-10)15-8(5)14/h5-9,13,15-17,20H,2-3H2,1H3,(H,12,14)(H,18,19);4-8,10,12-14H,2H2,1H3,(H,9,11)/t5-,6+,7+,8+,9+,11?;4-,5-,6-,7-,8?/m01/s1. The van der Waals surface area contributed by atoms with E-state index in [0.29, 0.717) is 0 Å². The number of amides is 2. The maximum atomic E-state index is 11.1. The van der Waals surface area contributed by atoms with E-state index in [9.17, 15) is 50.1 Å². The molecule has 17 heteroatoms. The van der Waals surface area contributed by atoms with Gasteiger partial charge in [0, 0.05) is 20.3 Å². The summed E-state index contributed by atoms with van der Waals surface area (Å²) in [5, 5.41) is 98.3. The Labute approximate surface area is 204 Å². The van der Waals surface area contributed by atoms with E-state index in [0.717, 1.165) is 6.92 Å². The molecule has 12 N–H and O–H groups in total. The lowest BCUT2D eigenvalue weighted by molar-refractivity contribution is -0.295. The second-order valence-corrected chi connectivity index (χ2v) is 8.37. The van der Waals surface area contributed by atoms with Gasteiger partial charge in [0.2, 0.25) is 11.8 Å². The number of carbonyl (C=O) groups excluding carboxylic acids is 2. The number of nitrogens with one attached hydrogen (secondary N) is 2. The van der Waals surface area contributed by atoms with Crippen molar-refractivity contribution in [3.8, 4) is 0 Å². The molecule has 11 atom stereocenters. The molecule has 0 spiro atoms. The normalized spacial score (nSPS) is 38.1. The van der Waals surface area contributed by atoms with Gasteiger partial charge >= 0.3 is 5.97 Å². The molecule has 0 aliphatic carbocycles. The lowest BCUT2D eigenvalue weighted by atomic mass is 9.88. The third-order valence-electron chi connectivity index (χ3n) is 5.48. The molecule has 36 heavy (non-hydrogen) atoms. The van der Waals surface area contributed by atoms with Crippen molar-refractivity contribution in [2.45, 2.75) is 87.2 Å². The lowest BCUT2D eigenvalue weighted by Gasteiger charge is -2.44. The van der Waals surface area contributed by atoms with Gasteiger partial charge in [-0.15, -0.1) is 0 Å². The fourth-order valence-corrected chi connectivity index (χ4v) is 3.62. The number of carboxylic acid groups (broad SMARTS) is 1. The van der Waals surface area contributed by atoms with E-state index in [4.69, 9.17) is 24.8 Å². The Bertz CT molecular complexity index is 756. The Morgan fingerprint density at radius 1 is 0.972 bits per heavy atom. The Morgan fingerprint density at radius 2 is 1.50 bits per heavy atom. The molecule has 210 valence electrons. The number of rotatable bonds is 7. The average Bonchev–Trinajstić information content (AvgIpc) is 2.79. The van der Waals surface area contributed by atoms with E-state index in [1.807, 2.05) is 0 Å². The molecule has 2 saturated heterocycles. The fraction of sp³-hybridized carbons (Fsp3) is 0.842. The largest absolute Gasteiger partial charge is 0.477 e. The number of hydrogen-bond acceptors (Lipinski definition) is 14. The van der Waals surface area contributed by atoms with Crippen LogP contribution in [0, 0.1) is 0 Å². The van der Waals surface area contributed by atoms with Crippen LogP contribution < -0.4 is 10.6 Å². The molecular weight excluding hydrogens is 496 g/mol. The zero-order valence-corrected chi connectivity index (χ0v) is 19.4. The zero-order chi connectivity index (χ0) is 28.0. The molecule has 2 amide bonds. The van der Waals surface area contributed by atoms with Gasteiger partial charge in [-0.3, -0.25) is 9.59 Å². The van der Waals surface area contributed by atoms with Gasteiger partial charge in [-0.25, -0.2) is 4.79 Å². The van der Waals surface area contributed by atoms with Gasteiger partial charge in [-0.05, 0) is 0 Å². The van der Waals surface area contributed by atoms with Gasteiger partial charge in [-0.2, -0.15) is 0 Å². The van der Waals surface area contributed by atoms with Crippen LogP contribution in [0.5, 0.6) is 0 Å². The molecule has 2 aliphatic rings. The molecule has 2 rings (SSSR count). The second-order valence-electron chi connectivity index (χ2n) is 8.37. The Balaban J connectivity index is 0.000000381. The minimum absolute atomic E-state index is 0.462. The third-order valence-corrected chi connectivity index (χ3v) is 5.48. The van der Waals surface area contributed by atoms with E-state index >= 15 is 0 Å². The number of aliphatic carboxylic acids is 1. The number of ether oxygens (including phenoxy) is 2. The average molecular weight is 530 g/mol. The molecular formula is C19H34N2O15. The Kier molecular flexibility index (Phi) is 12.0. The molecule has 2 unspecified atom stereocenters. The second kappa shape index (κ2) is 13.5. The lowest BCUT2D eigenvalue weighted by Crippen LogP contribution is -2.67. The van der Waals surface area contributed by atoms with Crippen LogP contribution in [0.25, 0.3) is 0 Å². The quantitative estimate of drug-likeness (QED) is 0.145. The van der Waals surface area contributed by atoms with Crippen molar-refractivity contribution >= 4 is 17.8 Å². The van der Waals surface area contributed by atoms with Crippen molar-refractivity contribution < 1.29 is 74.9 Å². The maximum absolute atomic E-state index is 11.1. The number of hydrogen-bond donors (Lipinski definition) is 12. The van der Waals surface area contributed by atoms with Crippen molar-refractivity contribution in [1.82, 2.24) is 10.6 Å². The van der Waals surface area contributed by atoms with Gasteiger partial charge in [0.1, 0.15) is 42.7 Å². The fourth-order valence-electron chi connectivity index (χ4n) is 3.62. The highest BCUT2D eigenvalue weighted by Gasteiger charge is 2.53. The first-order valence-electron chi connectivity index (χ1n) is 10.7. The van der Waals surface area contributed by atoms with Gasteiger partial charge in [0.05, 0.1) is 25.4 Å². The first-order chi connectivity index (χ1) is 16.6. The van der Waals surface area contributed by atoms with Crippen molar-refractivity contribution in [2.75, 3.05) is 13.2 Å². The predicted octanol–water partition coefficient (Wildman–Crippen LogP) is -6.95. The minimum atomic E-state index is -2.78. The predicted molar refractivity (Wildman–Crippen MR) is 112 cm³/mol. The summed E-state index contributed by atoms with van der Waals surface area (Å²) >= 11 is 0. The van der Waals surface area contributed by atoms with Crippen molar-refractivity contribution in [2.24, 2.45) is 0 Å². The van der Waals surface area contributed by atoms with Crippen LogP contribution in [0.4, 0.5) is 0 Å². The van der Waals surface area contributed by atoms with Crippen LogP contribution in [0.2, 0.25) is 0 Å². The van der Waals surface area contributed by atoms with Crippen LogP contribution in [-0.2, 0) is 23.9 Å². The SMILES string of the molecule is CC(=O)N[C@H]1C(O)O[C@H](CO)[C@@H](O)[C@@H]1O.CC(=O)N[C@H]1[C@H]([C@H](O)[C@H](O)CO)OC(O)(C(=O)O)C[C@@H]1O. The van der Waals surface area contributed by atoms with Crippen molar-refractivity contribution in [1.29, 1.82) is 0 Å². The molecule has 0 bridgehead atoms. The third kappa shape index (κ3) is 7.98. The smallest absolute Gasteiger partial charge is 0.364 e. The summed E-state index contributed by atoms with van der Waals surface area (Å²) in [6.07, 6.45) is -12.7. The van der Waals surface area contributed by atoms with E-state index in [-0.39, 0.29) is 0 Å². The summed E-state index contributed by atoms with van der Waals surface area (Å²) in [6.45, 7) is 0.943. The van der Waals surface area contributed by atoms with Gasteiger partial charge < -0.3 is 71.2 Å². The summed E-state index contributed by atoms with van der Waals surface area (Å²) in [7, 11) is 0. The van der Waals surface area contributed by atoms with Crippen LogP contribution >= 0.6 is 0 Å². The topological polar surface area (TPSA) is 296 Å². The van der Waals surface area contributed by atoms with Crippen molar-refractivity contribution in [3.63, 3.8) is 0 Å². The van der Waals surface area contributed by atoms with Crippen molar-refractivity contribution in [3.05, 3.63) is 0 Å². The highest BCUT2D eigenvalue weighted by Crippen LogP contribution is 2.30. The molecule has 0 aromatic rings. The summed E-state index contributed by atoms with van der Waals surface area (Å²) in [4.78, 5) is 32.8. The van der Waals surface area contributed by atoms with E-state index in [1.54, 1.807) is 0 Å². The monoisotopic (exact) mass is 530 g/mol. The highest BCUT2D eigenvalue weighted by molar-refractivity contribution is 5.76. The molecule has 0 aromatic heterocycles. The Hall–Kier alpha value is -2.03. The first kappa shape index (κ1) is 32.0. The molecule has 0 aromatic carbocycles. The molecule has 17 nitrogen and oxygen atoms in total. The van der Waals surface area contributed by atoms with E-state index in [2.05, 4.69) is 10.6 Å². The minimum Gasteiger partial charge on any atom is -0.477 e. The van der Waals surface area contributed by atoms with Gasteiger partial charge in [-0.1, -0.05) is 0 Å². The highest BCUT2D eigenvalue weighted by atomic mass is 16.7. The number of carboxylic acids is 1. The molecule has 0 saturated carbocycles. The summed E-state index contributed by atoms with van der Waals surface area (Å²) in [5.41, 5.74) is 0. The van der Waals surface area contributed by atoms with Crippen LogP contribution in [0.15, 0.2) is 0 Å². The van der Waals surface area contributed by atoms with E-state index in [1.165, 1.54) is 6.92 Å². The summed E-state index contributed by atoms with van der Waals surface area (Å²) in [6, 6.07) is -2.36. The van der Waals surface area contributed by atoms with Crippen LogP contribution in [0.1, 0.15) is 20.3 Å². The number of aliphatic hydroxyl groups excluding tert-OH is 8. The zero-order valence-electron chi connectivity index (χ0n) is 19.4. The Morgan fingerprint density at radius 3 is 1.94 bits per heavy atom. The molecule has 2 heterocycles. The van der Waals surface area contributed by atoms with Crippen LogP contribution in [0.3, 0.4) is 0 Å². The summed E-state index contributed by atoms with van der Waals surface area (Å²) in [5.74, 6) is -5.64. The number of aliphatic hydroxyl groups is 9. The van der Waals surface area contributed by atoms with E-state index < -0.39 is 104 Å². The first-order valence-corrected chi connectivity index (χ1v) is 10.7. The van der Waals surface area contributed by atoms with Gasteiger partial charge in [0.15, 0.2) is 6.29 Å².